The number of methoxy groups -OCH3 is 2. The highest BCUT2D eigenvalue weighted by atomic mass is 16.5. The molecular formula is C23H34O2. The number of rotatable bonds is 4. The lowest BCUT2D eigenvalue weighted by Gasteiger charge is -2.58. The smallest absolute Gasteiger partial charge is 0.122 e. The Kier molecular flexibility index (Phi) is 4.92. The summed E-state index contributed by atoms with van der Waals surface area (Å²) in [5.41, 5.74) is 3.53. The average Bonchev–Trinajstić information content (AvgIpc) is 2.60. The van der Waals surface area contributed by atoms with Gasteiger partial charge in [-0.2, -0.15) is 0 Å². The van der Waals surface area contributed by atoms with Gasteiger partial charge in [0.15, 0.2) is 0 Å². The summed E-state index contributed by atoms with van der Waals surface area (Å²) in [6.07, 6.45) is 8.71. The van der Waals surface area contributed by atoms with Crippen LogP contribution in [-0.4, -0.2) is 14.2 Å². The summed E-state index contributed by atoms with van der Waals surface area (Å²) in [7, 11) is 3.51. The first-order chi connectivity index (χ1) is 11.8. The predicted molar refractivity (Wildman–Crippen MR) is 104 cm³/mol. The maximum absolute atomic E-state index is 5.68. The minimum Gasteiger partial charge on any atom is -0.497 e. The molecule has 1 aromatic carbocycles. The minimum absolute atomic E-state index is 0.280. The number of hydrogen-bond acceptors (Lipinski definition) is 2. The molecule has 0 aromatic heterocycles. The number of ether oxygens (including phenoxy) is 2. The lowest BCUT2D eigenvalue weighted by Crippen LogP contribution is -2.50. The average molecular weight is 343 g/mol. The van der Waals surface area contributed by atoms with Crippen molar-refractivity contribution in [2.75, 3.05) is 14.2 Å². The van der Waals surface area contributed by atoms with Crippen molar-refractivity contribution in [1.82, 2.24) is 0 Å². The summed E-state index contributed by atoms with van der Waals surface area (Å²) in [6.45, 7) is 9.85. The number of hydrogen-bond donors (Lipinski definition) is 0. The Morgan fingerprint density at radius 3 is 2.56 bits per heavy atom. The van der Waals surface area contributed by atoms with Crippen LogP contribution in [0.15, 0.2) is 29.8 Å². The van der Waals surface area contributed by atoms with Crippen molar-refractivity contribution in [1.29, 1.82) is 0 Å². The quantitative estimate of drug-likeness (QED) is 0.621. The molecule has 2 heteroatoms. The van der Waals surface area contributed by atoms with Crippen LogP contribution in [0.4, 0.5) is 0 Å². The second-order valence-electron chi connectivity index (χ2n) is 8.73. The Morgan fingerprint density at radius 1 is 1.12 bits per heavy atom. The van der Waals surface area contributed by atoms with Gasteiger partial charge in [0.1, 0.15) is 11.5 Å². The van der Waals surface area contributed by atoms with Crippen LogP contribution < -0.4 is 9.47 Å². The van der Waals surface area contributed by atoms with Gasteiger partial charge < -0.3 is 9.47 Å². The Bertz CT molecular complexity index is 662. The predicted octanol–water partition coefficient (Wildman–Crippen LogP) is 6.05. The van der Waals surface area contributed by atoms with Gasteiger partial charge in [0.25, 0.3) is 0 Å². The maximum atomic E-state index is 5.68. The maximum Gasteiger partial charge on any atom is 0.122 e. The van der Waals surface area contributed by atoms with Gasteiger partial charge in [-0.3, -0.25) is 0 Å². The molecule has 0 spiro atoms. The van der Waals surface area contributed by atoms with Gasteiger partial charge in [0.05, 0.1) is 14.2 Å². The van der Waals surface area contributed by atoms with E-state index in [1.807, 2.05) is 6.07 Å². The summed E-state index contributed by atoms with van der Waals surface area (Å²) in [5.74, 6) is 3.35. The van der Waals surface area contributed by atoms with Crippen LogP contribution in [0.3, 0.4) is 0 Å². The fourth-order valence-electron chi connectivity index (χ4n) is 5.64. The summed E-state index contributed by atoms with van der Waals surface area (Å²) in [5, 5.41) is 0. The van der Waals surface area contributed by atoms with E-state index in [0.29, 0.717) is 11.3 Å². The van der Waals surface area contributed by atoms with Gasteiger partial charge in [-0.05, 0) is 85.5 Å². The highest BCUT2D eigenvalue weighted by molar-refractivity contribution is 5.41. The Morgan fingerprint density at radius 2 is 1.88 bits per heavy atom. The zero-order chi connectivity index (χ0) is 18.2. The summed E-state index contributed by atoms with van der Waals surface area (Å²) in [6, 6.07) is 6.22. The molecule has 3 rings (SSSR count). The molecule has 0 aliphatic heterocycles. The standard InChI is InChI=1S/C23H34O2/c1-16-8-7-9-21-22(16,3)13-12-17(2)23(21,4)15-18-14-19(24-5)10-11-20(18)25-6/h8,10-11,14,17,21H,7,9,12-13,15H2,1-6H3/t17-,21+,22+,23-/m1/s1. The fraction of sp³-hybridized carbons (Fsp3) is 0.652. The zero-order valence-electron chi connectivity index (χ0n) is 16.8. The minimum atomic E-state index is 0.280. The zero-order valence-corrected chi connectivity index (χ0v) is 16.8. The van der Waals surface area contributed by atoms with Crippen molar-refractivity contribution in [3.63, 3.8) is 0 Å². The van der Waals surface area contributed by atoms with Gasteiger partial charge in [0, 0.05) is 0 Å². The second-order valence-corrected chi connectivity index (χ2v) is 8.73. The van der Waals surface area contributed by atoms with Crippen LogP contribution in [-0.2, 0) is 6.42 Å². The third kappa shape index (κ3) is 2.98. The van der Waals surface area contributed by atoms with E-state index in [1.165, 1.54) is 31.2 Å². The molecule has 0 heterocycles. The molecule has 138 valence electrons. The molecule has 1 fully saturated rings. The highest BCUT2D eigenvalue weighted by Gasteiger charge is 2.53. The third-order valence-electron chi connectivity index (χ3n) is 7.65. The molecule has 0 amide bonds. The van der Waals surface area contributed by atoms with E-state index in [0.717, 1.165) is 23.8 Å². The first kappa shape index (κ1) is 18.4. The largest absolute Gasteiger partial charge is 0.497 e. The fourth-order valence-corrected chi connectivity index (χ4v) is 5.64. The second kappa shape index (κ2) is 6.70. The van der Waals surface area contributed by atoms with E-state index < -0.39 is 0 Å². The van der Waals surface area contributed by atoms with Crippen LogP contribution in [0.25, 0.3) is 0 Å². The molecule has 0 unspecified atom stereocenters. The molecule has 2 aliphatic carbocycles. The van der Waals surface area contributed by atoms with Crippen LogP contribution >= 0.6 is 0 Å². The Balaban J connectivity index is 2.01. The van der Waals surface area contributed by atoms with Crippen molar-refractivity contribution in [3.8, 4) is 11.5 Å². The van der Waals surface area contributed by atoms with Crippen molar-refractivity contribution in [2.24, 2.45) is 22.7 Å². The van der Waals surface area contributed by atoms with Gasteiger partial charge >= 0.3 is 0 Å². The monoisotopic (exact) mass is 342 g/mol. The summed E-state index contributed by atoms with van der Waals surface area (Å²) >= 11 is 0. The van der Waals surface area contributed by atoms with E-state index in [-0.39, 0.29) is 5.41 Å². The van der Waals surface area contributed by atoms with Gasteiger partial charge in [-0.15, -0.1) is 0 Å². The first-order valence-corrected chi connectivity index (χ1v) is 9.73. The van der Waals surface area contributed by atoms with E-state index in [2.05, 4.69) is 45.9 Å². The van der Waals surface area contributed by atoms with E-state index >= 15 is 0 Å². The third-order valence-corrected chi connectivity index (χ3v) is 7.65. The summed E-state index contributed by atoms with van der Waals surface area (Å²) < 4.78 is 11.2. The molecule has 25 heavy (non-hydrogen) atoms. The first-order valence-electron chi connectivity index (χ1n) is 9.73. The molecule has 0 radical (unpaired) electrons. The van der Waals surface area contributed by atoms with Crippen LogP contribution in [0.2, 0.25) is 0 Å². The van der Waals surface area contributed by atoms with Crippen LogP contribution in [0.5, 0.6) is 11.5 Å². The number of allylic oxidation sites excluding steroid dienone is 2. The van der Waals surface area contributed by atoms with Gasteiger partial charge in [0.2, 0.25) is 0 Å². The van der Waals surface area contributed by atoms with E-state index in [9.17, 15) is 0 Å². The molecule has 0 bridgehead atoms. The van der Waals surface area contributed by atoms with Crippen LogP contribution in [0.1, 0.15) is 58.9 Å². The topological polar surface area (TPSA) is 18.5 Å². The lowest BCUT2D eigenvalue weighted by molar-refractivity contribution is -0.0412. The van der Waals surface area contributed by atoms with Gasteiger partial charge in [-0.25, -0.2) is 0 Å². The van der Waals surface area contributed by atoms with Crippen molar-refractivity contribution < 1.29 is 9.47 Å². The number of fused-ring (bicyclic) bond motifs is 1. The van der Waals surface area contributed by atoms with E-state index in [1.54, 1.807) is 19.8 Å². The van der Waals surface area contributed by atoms with Crippen LogP contribution in [0, 0.1) is 22.7 Å². The Labute approximate surface area is 153 Å². The molecule has 0 N–H and O–H groups in total. The van der Waals surface area contributed by atoms with Crippen molar-refractivity contribution in [3.05, 3.63) is 35.4 Å². The molecule has 0 saturated heterocycles. The molecule has 4 atom stereocenters. The molecule has 2 aliphatic rings. The molecule has 1 saturated carbocycles. The lowest BCUT2D eigenvalue weighted by atomic mass is 9.47. The molecular weight excluding hydrogens is 308 g/mol. The summed E-state index contributed by atoms with van der Waals surface area (Å²) in [4.78, 5) is 0. The SMILES string of the molecule is COc1ccc(OC)c(C[C@]2(C)[C@H](C)CC[C@@]3(C)C(C)=CCC[C@H]23)c1. The number of benzene rings is 1. The molecule has 1 aromatic rings. The highest BCUT2D eigenvalue weighted by Crippen LogP contribution is 2.61. The molecule has 2 nitrogen and oxygen atoms in total. The van der Waals surface area contributed by atoms with Crippen molar-refractivity contribution >= 4 is 0 Å². The normalized spacial score (nSPS) is 34.9. The Hall–Kier alpha value is -1.44. The van der Waals surface area contributed by atoms with Crippen molar-refractivity contribution in [2.45, 2.75) is 59.8 Å². The van der Waals surface area contributed by atoms with E-state index in [4.69, 9.17) is 9.47 Å². The van der Waals surface area contributed by atoms with Gasteiger partial charge in [-0.1, -0.05) is 32.4 Å².